The minimum Gasteiger partial charge on any atom is -0.309 e. The lowest BCUT2D eigenvalue weighted by Crippen LogP contribution is -2.10. The summed E-state index contributed by atoms with van der Waals surface area (Å²) in [4.78, 5) is 2.25. The Morgan fingerprint density at radius 1 is 0.727 bits per heavy atom. The summed E-state index contributed by atoms with van der Waals surface area (Å²) in [5.41, 5.74) is 4.62. The zero-order valence-electron chi connectivity index (χ0n) is 12.1. The number of hydrogen-bond acceptors (Lipinski definition) is 1. The van der Waals surface area contributed by atoms with Gasteiger partial charge in [0.25, 0.3) is 0 Å². The maximum Gasteiger partial charge on any atom is 0.0614 e. The second-order valence-corrected chi connectivity index (χ2v) is 6.88. The molecule has 0 aliphatic rings. The summed E-state index contributed by atoms with van der Waals surface area (Å²) in [7, 11) is 0. The Hall–Kier alpha value is -1.58. The zero-order valence-corrected chi connectivity index (χ0v) is 15.3. The molecule has 0 saturated carbocycles. The molecule has 0 aliphatic heterocycles. The topological polar surface area (TPSA) is 3.24 Å². The first-order valence-electron chi connectivity index (χ1n) is 7.02. The van der Waals surface area contributed by atoms with Crippen LogP contribution in [0.15, 0.2) is 81.7 Å². The van der Waals surface area contributed by atoms with Crippen molar-refractivity contribution in [2.75, 3.05) is 4.90 Å². The van der Waals surface area contributed by atoms with Crippen LogP contribution in [-0.4, -0.2) is 0 Å². The third-order valence-corrected chi connectivity index (χ3v) is 4.59. The number of rotatable bonds is 3. The van der Waals surface area contributed by atoms with Gasteiger partial charge < -0.3 is 4.90 Å². The van der Waals surface area contributed by atoms with E-state index in [-0.39, 0.29) is 0 Å². The molecule has 0 aliphatic carbocycles. The largest absolute Gasteiger partial charge is 0.309 e. The molecule has 0 amide bonds. The molecular formula is C19H15Br2N. The number of benzene rings is 3. The normalized spacial score (nSPS) is 10.5. The Kier molecular flexibility index (Phi) is 4.65. The second kappa shape index (κ2) is 6.67. The summed E-state index contributed by atoms with van der Waals surface area (Å²) in [6.07, 6.45) is 0. The average Bonchev–Trinajstić information content (AvgIpc) is 2.52. The third-order valence-electron chi connectivity index (χ3n) is 3.42. The first-order chi connectivity index (χ1) is 10.6. The molecule has 0 atom stereocenters. The summed E-state index contributed by atoms with van der Waals surface area (Å²) < 4.78 is 2.11. The molecule has 22 heavy (non-hydrogen) atoms. The molecule has 3 aromatic rings. The van der Waals surface area contributed by atoms with Crippen LogP contribution >= 0.6 is 31.9 Å². The Morgan fingerprint density at radius 3 is 2.18 bits per heavy atom. The van der Waals surface area contributed by atoms with Crippen LogP contribution in [0.25, 0.3) is 0 Å². The Balaban J connectivity index is 2.21. The van der Waals surface area contributed by atoms with E-state index in [1.54, 1.807) is 0 Å². The lowest BCUT2D eigenvalue weighted by atomic mass is 10.1. The van der Waals surface area contributed by atoms with Crippen LogP contribution in [0.5, 0.6) is 0 Å². The van der Waals surface area contributed by atoms with Crippen LogP contribution < -0.4 is 4.90 Å². The number of hydrogen-bond donors (Lipinski definition) is 0. The van der Waals surface area contributed by atoms with E-state index in [1.807, 2.05) is 12.1 Å². The number of anilines is 3. The van der Waals surface area contributed by atoms with Gasteiger partial charge in [0.05, 0.1) is 5.69 Å². The lowest BCUT2D eigenvalue weighted by molar-refractivity contribution is 1.26. The van der Waals surface area contributed by atoms with Crippen molar-refractivity contribution >= 4 is 48.9 Å². The van der Waals surface area contributed by atoms with Crippen molar-refractivity contribution in [2.45, 2.75) is 6.92 Å². The first kappa shape index (κ1) is 15.3. The summed E-state index contributed by atoms with van der Waals surface area (Å²) in [6, 6.07) is 25.1. The van der Waals surface area contributed by atoms with Gasteiger partial charge in [0.1, 0.15) is 0 Å². The van der Waals surface area contributed by atoms with Crippen LogP contribution in [0.4, 0.5) is 17.1 Å². The van der Waals surface area contributed by atoms with Gasteiger partial charge >= 0.3 is 0 Å². The maximum atomic E-state index is 3.68. The minimum atomic E-state index is 1.05. The van der Waals surface area contributed by atoms with Crippen molar-refractivity contribution in [1.82, 2.24) is 0 Å². The van der Waals surface area contributed by atoms with Gasteiger partial charge in [-0.2, -0.15) is 0 Å². The van der Waals surface area contributed by atoms with E-state index in [9.17, 15) is 0 Å². The molecule has 0 N–H and O–H groups in total. The monoisotopic (exact) mass is 415 g/mol. The molecule has 1 nitrogen and oxygen atoms in total. The Bertz CT molecular complexity index is 784. The highest BCUT2D eigenvalue weighted by Crippen LogP contribution is 2.40. The first-order valence-corrected chi connectivity index (χ1v) is 8.60. The molecule has 3 aromatic carbocycles. The zero-order chi connectivity index (χ0) is 15.5. The molecule has 3 heteroatoms. The number of nitrogens with zero attached hydrogens (tertiary/aromatic N) is 1. The second-order valence-electron chi connectivity index (χ2n) is 5.11. The van der Waals surface area contributed by atoms with Crippen molar-refractivity contribution in [3.8, 4) is 0 Å². The molecule has 0 spiro atoms. The van der Waals surface area contributed by atoms with Gasteiger partial charge in [-0.25, -0.2) is 0 Å². The predicted molar refractivity (Wildman–Crippen MR) is 101 cm³/mol. The predicted octanol–water partition coefficient (Wildman–Crippen LogP) is 6.99. The third kappa shape index (κ3) is 3.26. The van der Waals surface area contributed by atoms with Crippen LogP contribution in [0.3, 0.4) is 0 Å². The summed E-state index contributed by atoms with van der Waals surface area (Å²) >= 11 is 7.26. The summed E-state index contributed by atoms with van der Waals surface area (Å²) in [6.45, 7) is 2.11. The number of halogens is 2. The van der Waals surface area contributed by atoms with Crippen LogP contribution in [-0.2, 0) is 0 Å². The standard InChI is InChI=1S/C19H15Br2N/c1-14-6-5-9-17(12-14)22(16-7-3-2-4-8-16)19-13-15(20)10-11-18(19)21/h2-13H,1H3. The van der Waals surface area contributed by atoms with Gasteiger partial charge in [0.15, 0.2) is 0 Å². The summed E-state index contributed by atoms with van der Waals surface area (Å²) in [5, 5.41) is 0. The maximum absolute atomic E-state index is 3.68. The van der Waals surface area contributed by atoms with Gasteiger partial charge in [-0.3, -0.25) is 0 Å². The molecule has 0 bridgehead atoms. The lowest BCUT2D eigenvalue weighted by Gasteiger charge is -2.27. The molecule has 0 saturated heterocycles. The van der Waals surface area contributed by atoms with Crippen LogP contribution in [0.2, 0.25) is 0 Å². The number of aryl methyl sites for hydroxylation is 1. The molecule has 0 heterocycles. The smallest absolute Gasteiger partial charge is 0.0614 e. The van der Waals surface area contributed by atoms with E-state index in [4.69, 9.17) is 0 Å². The molecule has 0 unspecified atom stereocenters. The van der Waals surface area contributed by atoms with Gasteiger partial charge in [0.2, 0.25) is 0 Å². The molecule has 110 valence electrons. The van der Waals surface area contributed by atoms with E-state index in [0.717, 1.165) is 26.0 Å². The molecule has 0 aromatic heterocycles. The Labute approximate surface area is 147 Å². The Morgan fingerprint density at radius 2 is 1.45 bits per heavy atom. The molecule has 0 fully saturated rings. The van der Waals surface area contributed by atoms with Crippen molar-refractivity contribution < 1.29 is 0 Å². The molecular weight excluding hydrogens is 402 g/mol. The van der Waals surface area contributed by atoms with E-state index in [0.29, 0.717) is 0 Å². The minimum absolute atomic E-state index is 1.05. The highest BCUT2D eigenvalue weighted by molar-refractivity contribution is 9.11. The van der Waals surface area contributed by atoms with Crippen molar-refractivity contribution in [1.29, 1.82) is 0 Å². The fourth-order valence-electron chi connectivity index (χ4n) is 2.43. The SMILES string of the molecule is Cc1cccc(N(c2ccccc2)c2cc(Br)ccc2Br)c1. The fraction of sp³-hybridized carbons (Fsp3) is 0.0526. The highest BCUT2D eigenvalue weighted by Gasteiger charge is 2.15. The quantitative estimate of drug-likeness (QED) is 0.444. The van der Waals surface area contributed by atoms with Gasteiger partial charge in [0, 0.05) is 20.3 Å². The van der Waals surface area contributed by atoms with Crippen molar-refractivity contribution in [2.24, 2.45) is 0 Å². The van der Waals surface area contributed by atoms with Gasteiger partial charge in [-0.05, 0) is 70.9 Å². The van der Waals surface area contributed by atoms with E-state index in [2.05, 4.69) is 104 Å². The highest BCUT2D eigenvalue weighted by atomic mass is 79.9. The van der Waals surface area contributed by atoms with Gasteiger partial charge in [-0.1, -0.05) is 46.3 Å². The van der Waals surface area contributed by atoms with Crippen molar-refractivity contribution in [3.63, 3.8) is 0 Å². The van der Waals surface area contributed by atoms with Gasteiger partial charge in [-0.15, -0.1) is 0 Å². The van der Waals surface area contributed by atoms with E-state index < -0.39 is 0 Å². The number of para-hydroxylation sites is 1. The molecule has 0 radical (unpaired) electrons. The summed E-state index contributed by atoms with van der Waals surface area (Å²) in [5.74, 6) is 0. The average molecular weight is 417 g/mol. The van der Waals surface area contributed by atoms with Crippen LogP contribution in [0, 0.1) is 6.92 Å². The van der Waals surface area contributed by atoms with Crippen LogP contribution in [0.1, 0.15) is 5.56 Å². The van der Waals surface area contributed by atoms with Crippen molar-refractivity contribution in [3.05, 3.63) is 87.3 Å². The van der Waals surface area contributed by atoms with E-state index >= 15 is 0 Å². The molecule has 3 rings (SSSR count). The fourth-order valence-corrected chi connectivity index (χ4v) is 3.20. The van der Waals surface area contributed by atoms with E-state index in [1.165, 1.54) is 5.56 Å².